The molecule has 0 spiro atoms. The van der Waals surface area contributed by atoms with Gasteiger partial charge in [0.05, 0.1) is 0 Å². The van der Waals surface area contributed by atoms with E-state index < -0.39 is 0 Å². The second-order valence-corrected chi connectivity index (χ2v) is 5.79. The summed E-state index contributed by atoms with van der Waals surface area (Å²) in [7, 11) is 0. The minimum Gasteiger partial charge on any atom is -0.0654 e. The van der Waals surface area contributed by atoms with E-state index >= 15 is 0 Å². The minimum atomic E-state index is 0.717. The van der Waals surface area contributed by atoms with Crippen LogP contribution in [0, 0.1) is 3.57 Å². The molecule has 0 N–H and O–H groups in total. The summed E-state index contributed by atoms with van der Waals surface area (Å²) in [6.07, 6.45) is 8.27. The molecule has 0 saturated heterocycles. The van der Waals surface area contributed by atoms with Crippen LogP contribution in [0.25, 0.3) is 0 Å². The van der Waals surface area contributed by atoms with Crippen LogP contribution in [-0.2, 0) is 0 Å². The average molecular weight is 330 g/mol. The maximum Gasteiger partial charge on any atom is 0.0165 e. The van der Waals surface area contributed by atoms with Crippen molar-refractivity contribution in [1.82, 2.24) is 0 Å². The van der Waals surface area contributed by atoms with E-state index in [1.807, 2.05) is 0 Å². The molecule has 0 radical (unpaired) electrons. The molecule has 1 atom stereocenters. The van der Waals surface area contributed by atoms with Gasteiger partial charge in [-0.25, -0.2) is 0 Å². The van der Waals surface area contributed by atoms with Crippen molar-refractivity contribution in [2.45, 2.75) is 58.3 Å². The largest absolute Gasteiger partial charge is 0.0654 e. The fraction of sp³-hybridized carbons (Fsp3) is 0.600. The Hall–Kier alpha value is -0.0500. The summed E-state index contributed by atoms with van der Waals surface area (Å²) in [4.78, 5) is 0. The second kappa shape index (κ2) is 8.10. The lowest BCUT2D eigenvalue weighted by Crippen LogP contribution is -1.96. The fourth-order valence-corrected chi connectivity index (χ4v) is 3.00. The van der Waals surface area contributed by atoms with Gasteiger partial charge in [-0.3, -0.25) is 0 Å². The molecule has 1 heteroatoms. The maximum absolute atomic E-state index is 2.45. The van der Waals surface area contributed by atoms with Gasteiger partial charge in [-0.05, 0) is 46.6 Å². The Morgan fingerprint density at radius 3 is 2.44 bits per heavy atom. The zero-order valence-corrected chi connectivity index (χ0v) is 12.7. The van der Waals surface area contributed by atoms with Crippen LogP contribution in [0.1, 0.15) is 63.9 Å². The second-order valence-electron chi connectivity index (χ2n) is 4.63. The predicted molar refractivity (Wildman–Crippen MR) is 81.0 cm³/mol. The summed E-state index contributed by atoms with van der Waals surface area (Å²) in [5, 5.41) is 0. The highest BCUT2D eigenvalue weighted by molar-refractivity contribution is 14.1. The van der Waals surface area contributed by atoms with Gasteiger partial charge in [0.1, 0.15) is 0 Å². The van der Waals surface area contributed by atoms with Gasteiger partial charge in [0, 0.05) is 3.57 Å². The van der Waals surface area contributed by atoms with Crippen LogP contribution in [0.15, 0.2) is 24.3 Å². The summed E-state index contributed by atoms with van der Waals surface area (Å²) in [6, 6.07) is 8.77. The molecule has 90 valence electrons. The van der Waals surface area contributed by atoms with Gasteiger partial charge in [-0.15, -0.1) is 0 Å². The molecule has 1 aromatic carbocycles. The molecule has 1 aromatic rings. The first-order valence-corrected chi connectivity index (χ1v) is 7.58. The molecule has 0 saturated carbocycles. The van der Waals surface area contributed by atoms with Gasteiger partial charge in [0.15, 0.2) is 0 Å². The average Bonchev–Trinajstić information content (AvgIpc) is 2.29. The molecule has 0 aliphatic heterocycles. The van der Waals surface area contributed by atoms with Crippen molar-refractivity contribution in [3.63, 3.8) is 0 Å². The summed E-state index contributed by atoms with van der Waals surface area (Å²) >= 11 is 2.45. The number of benzene rings is 1. The summed E-state index contributed by atoms with van der Waals surface area (Å²) < 4.78 is 1.42. The van der Waals surface area contributed by atoms with E-state index in [0.717, 1.165) is 5.92 Å². The molecule has 0 bridgehead atoms. The van der Waals surface area contributed by atoms with Gasteiger partial charge in [-0.1, -0.05) is 64.2 Å². The Balaban J connectivity index is 2.30. The summed E-state index contributed by atoms with van der Waals surface area (Å²) in [6.45, 7) is 4.63. The number of hydrogen-bond acceptors (Lipinski definition) is 0. The smallest absolute Gasteiger partial charge is 0.0165 e. The molecule has 16 heavy (non-hydrogen) atoms. The first-order chi connectivity index (χ1) is 7.75. The normalized spacial score (nSPS) is 12.7. The molecule has 0 aliphatic carbocycles. The predicted octanol–water partition coefficient (Wildman–Crippen LogP) is 5.76. The quantitative estimate of drug-likeness (QED) is 0.441. The minimum absolute atomic E-state index is 0.717. The van der Waals surface area contributed by atoms with Crippen LogP contribution in [-0.4, -0.2) is 0 Å². The molecule has 0 aromatic heterocycles. The lowest BCUT2D eigenvalue weighted by atomic mass is 9.95. The summed E-state index contributed by atoms with van der Waals surface area (Å²) in [5.74, 6) is 0.717. The molecule has 0 nitrogen and oxygen atoms in total. The Labute approximate surface area is 114 Å². The van der Waals surface area contributed by atoms with Crippen molar-refractivity contribution in [2.24, 2.45) is 0 Å². The molecule has 0 amide bonds. The Morgan fingerprint density at radius 2 is 1.75 bits per heavy atom. The standard InChI is InChI=1S/C15H23I/c1-3-4-5-6-7-10-13(2)14-11-8-9-12-15(14)16/h8-9,11-13H,3-7,10H2,1-2H3. The first-order valence-electron chi connectivity index (χ1n) is 6.50. The third-order valence-electron chi connectivity index (χ3n) is 3.18. The van der Waals surface area contributed by atoms with Crippen molar-refractivity contribution in [2.75, 3.05) is 0 Å². The van der Waals surface area contributed by atoms with Crippen LogP contribution >= 0.6 is 22.6 Å². The third kappa shape index (κ3) is 4.86. The van der Waals surface area contributed by atoms with Crippen molar-refractivity contribution >= 4 is 22.6 Å². The SMILES string of the molecule is CCCCCCCC(C)c1ccccc1I. The van der Waals surface area contributed by atoms with Gasteiger partial charge >= 0.3 is 0 Å². The van der Waals surface area contributed by atoms with E-state index in [1.54, 1.807) is 0 Å². The topological polar surface area (TPSA) is 0 Å². The molecule has 1 unspecified atom stereocenters. The van der Waals surface area contributed by atoms with Gasteiger partial charge in [0.2, 0.25) is 0 Å². The Kier molecular flexibility index (Phi) is 7.10. The molecule has 0 heterocycles. The zero-order chi connectivity index (χ0) is 11.8. The number of unbranched alkanes of at least 4 members (excludes halogenated alkanes) is 4. The monoisotopic (exact) mass is 330 g/mol. The molecule has 1 rings (SSSR count). The van der Waals surface area contributed by atoms with Gasteiger partial charge in [0.25, 0.3) is 0 Å². The van der Waals surface area contributed by atoms with Gasteiger partial charge in [-0.2, -0.15) is 0 Å². The van der Waals surface area contributed by atoms with E-state index in [0.29, 0.717) is 0 Å². The molecular weight excluding hydrogens is 307 g/mol. The van der Waals surface area contributed by atoms with Crippen LogP contribution in [0.5, 0.6) is 0 Å². The van der Waals surface area contributed by atoms with Crippen LogP contribution in [0.3, 0.4) is 0 Å². The van der Waals surface area contributed by atoms with Crippen LogP contribution < -0.4 is 0 Å². The molecular formula is C15H23I. The third-order valence-corrected chi connectivity index (χ3v) is 4.16. The highest BCUT2D eigenvalue weighted by atomic mass is 127. The fourth-order valence-electron chi connectivity index (χ4n) is 2.08. The molecule has 0 aliphatic rings. The van der Waals surface area contributed by atoms with Crippen molar-refractivity contribution < 1.29 is 0 Å². The zero-order valence-electron chi connectivity index (χ0n) is 10.5. The van der Waals surface area contributed by atoms with E-state index in [4.69, 9.17) is 0 Å². The number of hydrogen-bond donors (Lipinski definition) is 0. The highest BCUT2D eigenvalue weighted by Gasteiger charge is 2.07. The van der Waals surface area contributed by atoms with E-state index in [2.05, 4.69) is 60.7 Å². The van der Waals surface area contributed by atoms with E-state index in [9.17, 15) is 0 Å². The van der Waals surface area contributed by atoms with Crippen molar-refractivity contribution in [1.29, 1.82) is 0 Å². The van der Waals surface area contributed by atoms with E-state index in [1.165, 1.54) is 47.7 Å². The van der Waals surface area contributed by atoms with Crippen molar-refractivity contribution in [3.05, 3.63) is 33.4 Å². The van der Waals surface area contributed by atoms with Crippen LogP contribution in [0.4, 0.5) is 0 Å². The van der Waals surface area contributed by atoms with Crippen LogP contribution in [0.2, 0.25) is 0 Å². The number of rotatable bonds is 7. The Bertz CT molecular complexity index is 293. The lowest BCUT2D eigenvalue weighted by Gasteiger charge is -2.13. The van der Waals surface area contributed by atoms with Gasteiger partial charge < -0.3 is 0 Å². The lowest BCUT2D eigenvalue weighted by molar-refractivity contribution is 0.566. The summed E-state index contributed by atoms with van der Waals surface area (Å²) in [5.41, 5.74) is 1.53. The maximum atomic E-state index is 2.45. The molecule has 0 fully saturated rings. The number of halogens is 1. The van der Waals surface area contributed by atoms with E-state index in [-0.39, 0.29) is 0 Å². The Morgan fingerprint density at radius 1 is 1.06 bits per heavy atom. The highest BCUT2D eigenvalue weighted by Crippen LogP contribution is 2.26. The first kappa shape index (κ1) is 14.0. The van der Waals surface area contributed by atoms with Crippen molar-refractivity contribution in [3.8, 4) is 0 Å².